The summed E-state index contributed by atoms with van der Waals surface area (Å²) in [7, 11) is 0.240. The first-order chi connectivity index (χ1) is 15.0. The Morgan fingerprint density at radius 1 is 0.613 bits per heavy atom. The standard InChI is InChI=1S/C10H27N3O3Si.C10H24O3Si/c1-14-17(15-2,16-3)10-4-6-12-8-9-13-7-5-11;1-5-9-10-14(11-6-2,12-7-3)13-8-4/h12-13H,4-11H2,1-3H3;5-10H2,1-4H3. The highest BCUT2D eigenvalue weighted by Gasteiger charge is 2.39. The largest absolute Gasteiger partial charge is 0.500 e. The normalized spacial score (nSPS) is 12.0. The maximum absolute atomic E-state index is 5.71. The highest BCUT2D eigenvalue weighted by atomic mass is 28.4. The highest BCUT2D eigenvalue weighted by molar-refractivity contribution is 6.61. The van der Waals surface area contributed by atoms with E-state index in [1.807, 2.05) is 20.8 Å². The van der Waals surface area contributed by atoms with E-state index in [1.54, 1.807) is 21.3 Å². The fourth-order valence-corrected chi connectivity index (χ4v) is 7.42. The quantitative estimate of drug-likeness (QED) is 0.167. The van der Waals surface area contributed by atoms with Crippen LogP contribution in [0.1, 0.15) is 47.0 Å². The lowest BCUT2D eigenvalue weighted by Gasteiger charge is -2.28. The van der Waals surface area contributed by atoms with E-state index in [0.29, 0.717) is 26.4 Å². The van der Waals surface area contributed by atoms with Gasteiger partial charge >= 0.3 is 17.6 Å². The summed E-state index contributed by atoms with van der Waals surface area (Å²) in [5.41, 5.74) is 5.36. The van der Waals surface area contributed by atoms with Gasteiger partial charge in [0, 0.05) is 79.4 Å². The molecule has 0 aliphatic heterocycles. The number of unbranched alkanes of at least 4 members (excludes halogenated alkanes) is 1. The molecule has 0 saturated heterocycles. The van der Waals surface area contributed by atoms with Crippen LogP contribution >= 0.6 is 0 Å². The second kappa shape index (κ2) is 23.2. The van der Waals surface area contributed by atoms with Crippen LogP contribution in [0.3, 0.4) is 0 Å². The van der Waals surface area contributed by atoms with Gasteiger partial charge < -0.3 is 42.9 Å². The Hall–Kier alpha value is 0.0738. The third-order valence-corrected chi connectivity index (χ3v) is 10.5. The zero-order valence-corrected chi connectivity index (χ0v) is 23.2. The number of hydrogen-bond acceptors (Lipinski definition) is 9. The molecule has 0 aromatic carbocycles. The molecule has 0 heterocycles. The van der Waals surface area contributed by atoms with E-state index in [4.69, 9.17) is 32.3 Å². The summed E-state index contributed by atoms with van der Waals surface area (Å²) in [5.74, 6) is 0. The topological polar surface area (TPSA) is 105 Å². The molecule has 0 bridgehead atoms. The van der Waals surface area contributed by atoms with Crippen LogP contribution in [0.4, 0.5) is 0 Å². The predicted octanol–water partition coefficient (Wildman–Crippen LogP) is 2.23. The average Bonchev–Trinajstić information content (AvgIpc) is 2.78. The van der Waals surface area contributed by atoms with Gasteiger partial charge in [-0.3, -0.25) is 0 Å². The third-order valence-electron chi connectivity index (χ3n) is 4.50. The Bertz CT molecular complexity index is 345. The van der Waals surface area contributed by atoms with E-state index in [0.717, 1.165) is 57.5 Å². The van der Waals surface area contributed by atoms with Crippen LogP contribution < -0.4 is 16.4 Å². The zero-order valence-electron chi connectivity index (χ0n) is 21.2. The van der Waals surface area contributed by atoms with Crippen LogP contribution in [0.15, 0.2) is 0 Å². The maximum atomic E-state index is 5.71. The zero-order chi connectivity index (χ0) is 23.8. The molecule has 0 atom stereocenters. The molecule has 0 saturated carbocycles. The SMILES string of the molecule is CCCC[Si](OCC)(OCC)OCC.CO[Si](CCCNCCNCCN)(OC)OC. The number of nitrogens with one attached hydrogen (secondary N) is 2. The lowest BCUT2D eigenvalue weighted by molar-refractivity contribution is 0.0707. The first-order valence-electron chi connectivity index (χ1n) is 11.7. The smallest absolute Gasteiger partial charge is 0.377 e. The first kappa shape index (κ1) is 33.2. The lowest BCUT2D eigenvalue weighted by Crippen LogP contribution is -2.45. The molecule has 0 fully saturated rings. The van der Waals surface area contributed by atoms with Crippen LogP contribution in [-0.2, 0) is 26.6 Å². The molecule has 0 aliphatic rings. The van der Waals surface area contributed by atoms with Crippen LogP contribution in [-0.4, -0.2) is 91.5 Å². The Kier molecular flexibility index (Phi) is 24.9. The highest BCUT2D eigenvalue weighted by Crippen LogP contribution is 2.19. The van der Waals surface area contributed by atoms with Crippen molar-refractivity contribution in [3.05, 3.63) is 0 Å². The van der Waals surface area contributed by atoms with Crippen molar-refractivity contribution in [2.45, 2.75) is 59.0 Å². The summed E-state index contributed by atoms with van der Waals surface area (Å²) in [5, 5.41) is 6.56. The monoisotopic (exact) mass is 485 g/mol. The van der Waals surface area contributed by atoms with Gasteiger partial charge in [-0.1, -0.05) is 13.3 Å². The maximum Gasteiger partial charge on any atom is 0.500 e. The van der Waals surface area contributed by atoms with Gasteiger partial charge in [-0.25, -0.2) is 0 Å². The minimum absolute atomic E-state index is 0.677. The van der Waals surface area contributed by atoms with Gasteiger partial charge in [-0.15, -0.1) is 0 Å². The Balaban J connectivity index is 0. The lowest BCUT2D eigenvalue weighted by atomic mass is 10.4. The molecule has 31 heavy (non-hydrogen) atoms. The Labute approximate surface area is 193 Å². The molecule has 0 aliphatic carbocycles. The van der Waals surface area contributed by atoms with Crippen molar-refractivity contribution in [1.29, 1.82) is 0 Å². The fraction of sp³-hybridized carbons (Fsp3) is 1.00. The molecule has 0 aromatic rings. The van der Waals surface area contributed by atoms with Crippen molar-refractivity contribution in [2.75, 3.05) is 73.9 Å². The van der Waals surface area contributed by atoms with Gasteiger partial charge in [0.2, 0.25) is 0 Å². The first-order valence-corrected chi connectivity index (χ1v) is 15.5. The van der Waals surface area contributed by atoms with Crippen molar-refractivity contribution >= 4 is 17.6 Å². The van der Waals surface area contributed by atoms with Crippen molar-refractivity contribution in [3.8, 4) is 0 Å². The molecular weight excluding hydrogens is 434 g/mol. The Morgan fingerprint density at radius 2 is 1.06 bits per heavy atom. The molecule has 190 valence electrons. The summed E-state index contributed by atoms with van der Waals surface area (Å²) in [6, 6.07) is 1.78. The summed E-state index contributed by atoms with van der Waals surface area (Å²) in [6.45, 7) is 14.6. The Morgan fingerprint density at radius 3 is 1.45 bits per heavy atom. The van der Waals surface area contributed by atoms with Gasteiger partial charge in [0.1, 0.15) is 0 Å². The van der Waals surface area contributed by atoms with Crippen LogP contribution in [0.2, 0.25) is 12.1 Å². The van der Waals surface area contributed by atoms with E-state index in [1.165, 1.54) is 0 Å². The molecular formula is C20H51N3O6Si2. The molecule has 0 unspecified atom stereocenters. The van der Waals surface area contributed by atoms with Gasteiger partial charge in [-0.05, 0) is 40.2 Å². The van der Waals surface area contributed by atoms with Crippen molar-refractivity contribution in [3.63, 3.8) is 0 Å². The summed E-state index contributed by atoms with van der Waals surface area (Å²) >= 11 is 0. The number of rotatable bonds is 21. The summed E-state index contributed by atoms with van der Waals surface area (Å²) in [4.78, 5) is 0. The van der Waals surface area contributed by atoms with Crippen molar-refractivity contribution in [2.24, 2.45) is 5.73 Å². The van der Waals surface area contributed by atoms with Crippen molar-refractivity contribution in [1.82, 2.24) is 10.6 Å². The fourth-order valence-electron chi connectivity index (χ4n) is 2.91. The van der Waals surface area contributed by atoms with E-state index in [2.05, 4.69) is 17.6 Å². The van der Waals surface area contributed by atoms with Crippen LogP contribution in [0, 0.1) is 0 Å². The van der Waals surface area contributed by atoms with E-state index >= 15 is 0 Å². The van der Waals surface area contributed by atoms with E-state index in [-0.39, 0.29) is 0 Å². The van der Waals surface area contributed by atoms with Gasteiger partial charge in [0.05, 0.1) is 0 Å². The minimum Gasteiger partial charge on any atom is -0.377 e. The predicted molar refractivity (Wildman–Crippen MR) is 131 cm³/mol. The van der Waals surface area contributed by atoms with Gasteiger partial charge in [0.25, 0.3) is 0 Å². The number of nitrogens with two attached hydrogens (primary N) is 1. The molecule has 9 nitrogen and oxygen atoms in total. The van der Waals surface area contributed by atoms with Gasteiger partial charge in [0.15, 0.2) is 0 Å². The summed E-state index contributed by atoms with van der Waals surface area (Å²) in [6.07, 6.45) is 3.26. The second-order valence-corrected chi connectivity index (χ2v) is 12.6. The molecule has 0 rings (SSSR count). The van der Waals surface area contributed by atoms with Gasteiger partial charge in [-0.2, -0.15) is 0 Å². The third kappa shape index (κ3) is 17.2. The van der Waals surface area contributed by atoms with E-state index < -0.39 is 17.6 Å². The second-order valence-electron chi connectivity index (χ2n) is 6.77. The van der Waals surface area contributed by atoms with Crippen LogP contribution in [0.5, 0.6) is 0 Å². The van der Waals surface area contributed by atoms with Crippen LogP contribution in [0.25, 0.3) is 0 Å². The van der Waals surface area contributed by atoms with Crippen molar-refractivity contribution < 1.29 is 26.6 Å². The summed E-state index contributed by atoms with van der Waals surface area (Å²) < 4.78 is 33.1. The minimum atomic E-state index is -2.37. The molecule has 11 heteroatoms. The molecule has 4 N–H and O–H groups in total. The number of hydrogen-bond donors (Lipinski definition) is 3. The molecule has 0 amide bonds. The molecule has 0 spiro atoms. The molecule has 0 aromatic heterocycles. The van der Waals surface area contributed by atoms with E-state index in [9.17, 15) is 0 Å². The molecule has 0 radical (unpaired) electrons. The average molecular weight is 486 g/mol.